The van der Waals surface area contributed by atoms with Crippen molar-refractivity contribution in [1.29, 1.82) is 0 Å². The molecule has 2 rings (SSSR count). The summed E-state index contributed by atoms with van der Waals surface area (Å²) in [6, 6.07) is 5.65. The average molecular weight is 214 g/mol. The predicted molar refractivity (Wildman–Crippen MR) is 62.9 cm³/mol. The summed E-state index contributed by atoms with van der Waals surface area (Å²) in [5.41, 5.74) is 3.82. The molecule has 1 aromatic carbocycles. The number of rotatable bonds is 1. The van der Waals surface area contributed by atoms with Crippen LogP contribution in [0.3, 0.4) is 0 Å². The predicted octanol–water partition coefficient (Wildman–Crippen LogP) is 3.06. The summed E-state index contributed by atoms with van der Waals surface area (Å²) in [5, 5.41) is 0. The van der Waals surface area contributed by atoms with E-state index in [4.69, 9.17) is 4.74 Å². The highest BCUT2D eigenvalue weighted by molar-refractivity contribution is 6.00. The van der Waals surface area contributed by atoms with Crippen molar-refractivity contribution >= 4 is 5.78 Å². The molecule has 0 N–H and O–H groups in total. The molecule has 1 heterocycles. The van der Waals surface area contributed by atoms with Crippen LogP contribution in [0.25, 0.3) is 0 Å². The van der Waals surface area contributed by atoms with Gasteiger partial charge in [0.1, 0.15) is 11.4 Å². The van der Waals surface area contributed by atoms with E-state index in [-0.39, 0.29) is 5.78 Å². The number of benzene rings is 1. The maximum absolute atomic E-state index is 12.0. The number of ether oxygens (including phenoxy) is 1. The van der Waals surface area contributed by atoms with Gasteiger partial charge in [0, 0.05) is 6.08 Å². The van der Waals surface area contributed by atoms with E-state index in [0.717, 1.165) is 5.56 Å². The third kappa shape index (κ3) is 1.80. The Morgan fingerprint density at radius 3 is 3.00 bits per heavy atom. The zero-order valence-electron chi connectivity index (χ0n) is 9.54. The van der Waals surface area contributed by atoms with Crippen molar-refractivity contribution in [3.63, 3.8) is 0 Å². The summed E-state index contributed by atoms with van der Waals surface area (Å²) in [5.74, 6) is 0.759. The fraction of sp³-hybridized carbons (Fsp3) is 0.286. The largest absolute Gasteiger partial charge is 0.482 e. The minimum absolute atomic E-state index is 0.110. The van der Waals surface area contributed by atoms with Crippen LogP contribution in [0.4, 0.5) is 0 Å². The first-order valence-corrected chi connectivity index (χ1v) is 5.24. The molecule has 1 unspecified atom stereocenters. The summed E-state index contributed by atoms with van der Waals surface area (Å²) >= 11 is 0. The van der Waals surface area contributed by atoms with Gasteiger partial charge in [-0.15, -0.1) is 5.73 Å². The van der Waals surface area contributed by atoms with Gasteiger partial charge in [0.05, 0.1) is 12.0 Å². The highest BCUT2D eigenvalue weighted by atomic mass is 16.5. The molecule has 1 aromatic rings. The summed E-state index contributed by atoms with van der Waals surface area (Å²) in [7, 11) is 0. The molecule has 0 aliphatic carbocycles. The Morgan fingerprint density at radius 1 is 1.56 bits per heavy atom. The molecule has 1 atom stereocenters. The van der Waals surface area contributed by atoms with Crippen LogP contribution >= 0.6 is 0 Å². The summed E-state index contributed by atoms with van der Waals surface area (Å²) < 4.78 is 5.81. The second-order valence-corrected chi connectivity index (χ2v) is 4.36. The van der Waals surface area contributed by atoms with Crippen LogP contribution in [0, 0.1) is 6.92 Å². The van der Waals surface area contributed by atoms with Crippen molar-refractivity contribution in [2.75, 3.05) is 0 Å². The summed E-state index contributed by atoms with van der Waals surface area (Å²) in [6.45, 7) is 7.35. The molecule has 0 aromatic heterocycles. The molecule has 0 radical (unpaired) electrons. The van der Waals surface area contributed by atoms with Crippen molar-refractivity contribution in [2.24, 2.45) is 0 Å². The van der Waals surface area contributed by atoms with E-state index >= 15 is 0 Å². The zero-order chi connectivity index (χ0) is 11.8. The van der Waals surface area contributed by atoms with Crippen LogP contribution in [0.15, 0.2) is 36.6 Å². The highest BCUT2D eigenvalue weighted by Crippen LogP contribution is 2.34. The number of hydrogen-bond acceptors (Lipinski definition) is 2. The second kappa shape index (κ2) is 3.66. The number of fused-ring (bicyclic) bond motifs is 1. The van der Waals surface area contributed by atoms with Crippen LogP contribution < -0.4 is 4.74 Å². The van der Waals surface area contributed by atoms with E-state index in [9.17, 15) is 4.79 Å². The van der Waals surface area contributed by atoms with E-state index in [1.807, 2.05) is 32.0 Å². The molecule has 0 bridgehead atoms. The number of aryl methyl sites for hydroxylation is 1. The van der Waals surface area contributed by atoms with Crippen molar-refractivity contribution < 1.29 is 9.53 Å². The molecule has 0 spiro atoms. The van der Waals surface area contributed by atoms with Gasteiger partial charge in [-0.3, -0.25) is 4.79 Å². The van der Waals surface area contributed by atoms with E-state index in [2.05, 4.69) is 12.3 Å². The van der Waals surface area contributed by atoms with Gasteiger partial charge < -0.3 is 4.74 Å². The van der Waals surface area contributed by atoms with E-state index in [1.165, 1.54) is 0 Å². The molecule has 1 aliphatic rings. The average Bonchev–Trinajstić information content (AvgIpc) is 2.19. The molecule has 0 fully saturated rings. The van der Waals surface area contributed by atoms with Crippen molar-refractivity contribution in [1.82, 2.24) is 0 Å². The van der Waals surface area contributed by atoms with Crippen LogP contribution in [0.1, 0.15) is 29.3 Å². The lowest BCUT2D eigenvalue weighted by Crippen LogP contribution is -2.37. The van der Waals surface area contributed by atoms with Gasteiger partial charge in [0.15, 0.2) is 5.78 Å². The Hall–Kier alpha value is -1.79. The van der Waals surface area contributed by atoms with Crippen LogP contribution in [-0.4, -0.2) is 11.4 Å². The Labute approximate surface area is 95.2 Å². The van der Waals surface area contributed by atoms with Gasteiger partial charge in [0.2, 0.25) is 0 Å². The molecule has 0 saturated heterocycles. The summed E-state index contributed by atoms with van der Waals surface area (Å²) in [6.07, 6.45) is 2.04. The van der Waals surface area contributed by atoms with Gasteiger partial charge in [-0.25, -0.2) is 0 Å². The smallest absolute Gasteiger partial charge is 0.170 e. The number of carbonyl (C=O) groups is 1. The first-order valence-electron chi connectivity index (χ1n) is 5.24. The highest BCUT2D eigenvalue weighted by Gasteiger charge is 2.34. The monoisotopic (exact) mass is 214 g/mol. The number of hydrogen-bond donors (Lipinski definition) is 0. The van der Waals surface area contributed by atoms with Crippen LogP contribution in [-0.2, 0) is 0 Å². The van der Waals surface area contributed by atoms with Gasteiger partial charge in [-0.1, -0.05) is 18.2 Å². The van der Waals surface area contributed by atoms with Crippen molar-refractivity contribution in [3.05, 3.63) is 47.7 Å². The summed E-state index contributed by atoms with van der Waals surface area (Å²) in [4.78, 5) is 12.0. The van der Waals surface area contributed by atoms with Crippen LogP contribution in [0.5, 0.6) is 5.75 Å². The van der Waals surface area contributed by atoms with E-state index in [1.54, 1.807) is 6.08 Å². The van der Waals surface area contributed by atoms with E-state index < -0.39 is 5.60 Å². The Kier molecular flexibility index (Phi) is 2.45. The second-order valence-electron chi connectivity index (χ2n) is 4.36. The SMILES string of the molecule is C=C=CC1(C)CC(=O)c2cc(C)ccc2O1. The van der Waals surface area contributed by atoms with Crippen LogP contribution in [0.2, 0.25) is 0 Å². The molecule has 1 aliphatic heterocycles. The van der Waals surface area contributed by atoms with Gasteiger partial charge in [-0.05, 0) is 26.0 Å². The van der Waals surface area contributed by atoms with Gasteiger partial charge in [0.25, 0.3) is 0 Å². The number of Topliss-reactive ketones (excluding diaryl/α,β-unsaturated/α-hetero) is 1. The fourth-order valence-electron chi connectivity index (χ4n) is 1.95. The third-order valence-electron chi connectivity index (χ3n) is 2.70. The first kappa shape index (κ1) is 10.7. The lowest BCUT2D eigenvalue weighted by molar-refractivity contribution is 0.0729. The first-order chi connectivity index (χ1) is 7.54. The molecular formula is C14H14O2. The van der Waals surface area contributed by atoms with E-state index in [0.29, 0.717) is 17.7 Å². The number of ketones is 1. The van der Waals surface area contributed by atoms with Crippen molar-refractivity contribution in [2.45, 2.75) is 25.9 Å². The normalized spacial score (nSPS) is 23.0. The zero-order valence-corrected chi connectivity index (χ0v) is 9.54. The molecule has 0 saturated carbocycles. The molecule has 2 nitrogen and oxygen atoms in total. The molecular weight excluding hydrogens is 200 g/mol. The minimum Gasteiger partial charge on any atom is -0.482 e. The molecule has 82 valence electrons. The molecule has 0 amide bonds. The maximum atomic E-state index is 12.0. The Bertz CT molecular complexity index is 495. The molecule has 16 heavy (non-hydrogen) atoms. The number of carbonyl (C=O) groups excluding carboxylic acids is 1. The standard InChI is InChI=1S/C14H14O2/c1-4-7-14(3)9-12(15)11-8-10(2)5-6-13(11)16-14/h5-8H,1,9H2,2-3H3. The lowest BCUT2D eigenvalue weighted by atomic mass is 9.91. The van der Waals surface area contributed by atoms with Gasteiger partial charge in [-0.2, -0.15) is 0 Å². The maximum Gasteiger partial charge on any atom is 0.170 e. The Balaban J connectivity index is 2.48. The third-order valence-corrected chi connectivity index (χ3v) is 2.70. The Morgan fingerprint density at radius 2 is 2.31 bits per heavy atom. The minimum atomic E-state index is -0.610. The lowest BCUT2D eigenvalue weighted by Gasteiger charge is -2.31. The quantitative estimate of drug-likeness (QED) is 0.671. The van der Waals surface area contributed by atoms with Crippen molar-refractivity contribution in [3.8, 4) is 5.75 Å². The topological polar surface area (TPSA) is 26.3 Å². The van der Waals surface area contributed by atoms with Gasteiger partial charge >= 0.3 is 0 Å². The fourth-order valence-corrected chi connectivity index (χ4v) is 1.95. The molecule has 2 heteroatoms.